The number of nitrogens with zero attached hydrogens (tertiary/aromatic N) is 3. The van der Waals surface area contributed by atoms with Crippen molar-refractivity contribution < 1.29 is 24.3 Å². The minimum Gasteiger partial charge on any atom is -0.490 e. The van der Waals surface area contributed by atoms with E-state index in [1.807, 2.05) is 38.1 Å². The van der Waals surface area contributed by atoms with E-state index in [9.17, 15) is 9.90 Å². The van der Waals surface area contributed by atoms with Gasteiger partial charge in [0.15, 0.2) is 0 Å². The van der Waals surface area contributed by atoms with E-state index < -0.39 is 18.6 Å². The van der Waals surface area contributed by atoms with Crippen LogP contribution in [0.5, 0.6) is 5.75 Å². The molecule has 3 aromatic rings. The third-order valence-corrected chi connectivity index (χ3v) is 6.28. The summed E-state index contributed by atoms with van der Waals surface area (Å²) in [6, 6.07) is 7.94. The molecule has 2 aromatic heterocycles. The number of carbonyl (C=O) groups excluding carboxylic acids is 1. The van der Waals surface area contributed by atoms with E-state index >= 15 is 0 Å². The van der Waals surface area contributed by atoms with Gasteiger partial charge < -0.3 is 24.8 Å². The van der Waals surface area contributed by atoms with Gasteiger partial charge in [-0.3, -0.25) is 9.78 Å². The number of ether oxygens (including phenoxy) is 1. The van der Waals surface area contributed by atoms with Gasteiger partial charge in [0.05, 0.1) is 0 Å². The first-order valence-electron chi connectivity index (χ1n) is 12.9. The van der Waals surface area contributed by atoms with Crippen LogP contribution < -0.4 is 10.1 Å². The molecule has 3 N–H and O–H groups in total. The SMILES string of the molecule is CCCc1cc(-c2noc(-c3cc(C)nc(C(CC)CC)c3)n2)cc(C)c1OC[C@H](O)CNC(=O)CO. The first-order valence-corrected chi connectivity index (χ1v) is 12.9. The third kappa shape index (κ3) is 7.36. The molecule has 0 fully saturated rings. The number of nitrogens with one attached hydrogen (secondary N) is 1. The standard InChI is InChI=1S/C28H38N4O5/c1-6-9-20-12-21(10-17(4)26(20)36-16-23(34)14-29-25(35)15-33)27-31-28(37-32-27)22-11-18(5)30-24(13-22)19(7-2)8-3/h10-13,19,23,33-34H,6-9,14-16H2,1-5H3,(H,29,35)/t23-/m1/s1. The highest BCUT2D eigenvalue weighted by Gasteiger charge is 2.18. The van der Waals surface area contributed by atoms with Crippen molar-refractivity contribution >= 4 is 5.91 Å². The van der Waals surface area contributed by atoms with Gasteiger partial charge in [0, 0.05) is 35.0 Å². The van der Waals surface area contributed by atoms with Crippen molar-refractivity contribution in [2.45, 2.75) is 72.3 Å². The lowest BCUT2D eigenvalue weighted by Crippen LogP contribution is -2.36. The van der Waals surface area contributed by atoms with E-state index in [2.05, 4.69) is 31.2 Å². The maximum Gasteiger partial charge on any atom is 0.258 e. The number of aryl methyl sites for hydroxylation is 3. The Morgan fingerprint density at radius 3 is 2.51 bits per heavy atom. The molecule has 0 radical (unpaired) electrons. The number of rotatable bonds is 13. The molecular formula is C28H38N4O5. The number of aromatic nitrogens is 3. The zero-order valence-corrected chi connectivity index (χ0v) is 22.4. The lowest BCUT2D eigenvalue weighted by atomic mass is 9.97. The van der Waals surface area contributed by atoms with Crippen molar-refractivity contribution in [1.82, 2.24) is 20.4 Å². The lowest BCUT2D eigenvalue weighted by molar-refractivity contribution is -0.124. The highest BCUT2D eigenvalue weighted by molar-refractivity contribution is 5.76. The molecule has 0 aliphatic rings. The fourth-order valence-corrected chi connectivity index (χ4v) is 4.36. The fraction of sp³-hybridized carbons (Fsp3) is 0.500. The molecule has 0 bridgehead atoms. The highest BCUT2D eigenvalue weighted by Crippen LogP contribution is 2.32. The molecule has 0 saturated carbocycles. The van der Waals surface area contributed by atoms with Gasteiger partial charge in [0.25, 0.3) is 5.89 Å². The molecule has 9 heteroatoms. The summed E-state index contributed by atoms with van der Waals surface area (Å²) in [7, 11) is 0. The van der Waals surface area contributed by atoms with E-state index in [0.717, 1.165) is 59.3 Å². The molecule has 200 valence electrons. The van der Waals surface area contributed by atoms with E-state index in [-0.39, 0.29) is 13.2 Å². The number of hydrogen-bond donors (Lipinski definition) is 3. The second kappa shape index (κ2) is 13.3. The molecule has 1 atom stereocenters. The van der Waals surface area contributed by atoms with Gasteiger partial charge in [0.1, 0.15) is 25.1 Å². The minimum absolute atomic E-state index is 0.00126. The van der Waals surface area contributed by atoms with Crippen LogP contribution in [0.2, 0.25) is 0 Å². The number of hydrogen-bond acceptors (Lipinski definition) is 8. The Balaban J connectivity index is 1.84. The number of aliphatic hydroxyl groups is 2. The molecule has 0 aliphatic heterocycles. The molecular weight excluding hydrogens is 472 g/mol. The van der Waals surface area contributed by atoms with Crippen LogP contribution in [0.3, 0.4) is 0 Å². The molecule has 9 nitrogen and oxygen atoms in total. The van der Waals surface area contributed by atoms with Crippen LogP contribution in [0.4, 0.5) is 0 Å². The Kier molecular flexibility index (Phi) is 10.2. The first kappa shape index (κ1) is 28.3. The topological polar surface area (TPSA) is 131 Å². The van der Waals surface area contributed by atoms with Crippen molar-refractivity contribution in [3.63, 3.8) is 0 Å². The smallest absolute Gasteiger partial charge is 0.258 e. The average Bonchev–Trinajstić information content (AvgIpc) is 3.38. The quantitative estimate of drug-likeness (QED) is 0.313. The van der Waals surface area contributed by atoms with Crippen LogP contribution in [0.1, 0.15) is 68.5 Å². The summed E-state index contributed by atoms with van der Waals surface area (Å²) in [4.78, 5) is 20.6. The molecule has 1 aromatic carbocycles. The van der Waals surface area contributed by atoms with Crippen LogP contribution in [-0.4, -0.2) is 57.1 Å². The molecule has 1 amide bonds. The van der Waals surface area contributed by atoms with Crippen LogP contribution in [0.25, 0.3) is 22.8 Å². The van der Waals surface area contributed by atoms with Crippen molar-refractivity contribution in [2.24, 2.45) is 0 Å². The van der Waals surface area contributed by atoms with Crippen LogP contribution in [-0.2, 0) is 11.2 Å². The average molecular weight is 511 g/mol. The zero-order valence-electron chi connectivity index (χ0n) is 22.4. The number of aliphatic hydroxyl groups excluding tert-OH is 2. The molecule has 0 aliphatic carbocycles. The molecule has 0 spiro atoms. The second-order valence-electron chi connectivity index (χ2n) is 9.32. The lowest BCUT2D eigenvalue weighted by Gasteiger charge is -2.18. The Labute approximate surface area is 218 Å². The Bertz CT molecular complexity index is 1190. The van der Waals surface area contributed by atoms with Crippen LogP contribution in [0.15, 0.2) is 28.8 Å². The molecule has 0 unspecified atom stereocenters. The van der Waals surface area contributed by atoms with Gasteiger partial charge in [-0.25, -0.2) is 0 Å². The predicted molar refractivity (Wildman–Crippen MR) is 141 cm³/mol. The van der Waals surface area contributed by atoms with Crippen LogP contribution in [0, 0.1) is 13.8 Å². The third-order valence-electron chi connectivity index (χ3n) is 6.28. The van der Waals surface area contributed by atoms with E-state index in [1.165, 1.54) is 0 Å². The maximum absolute atomic E-state index is 11.2. The maximum atomic E-state index is 11.2. The minimum atomic E-state index is -0.905. The Morgan fingerprint density at radius 1 is 1.08 bits per heavy atom. The first-order chi connectivity index (χ1) is 17.8. The van der Waals surface area contributed by atoms with Gasteiger partial charge in [-0.2, -0.15) is 4.98 Å². The van der Waals surface area contributed by atoms with Crippen molar-refractivity contribution in [3.8, 4) is 28.6 Å². The van der Waals surface area contributed by atoms with Gasteiger partial charge >= 0.3 is 0 Å². The molecule has 37 heavy (non-hydrogen) atoms. The summed E-state index contributed by atoms with van der Waals surface area (Å²) in [6.45, 7) is 9.72. The number of amides is 1. The number of carbonyl (C=O) groups is 1. The van der Waals surface area contributed by atoms with E-state index in [4.69, 9.17) is 24.3 Å². The zero-order chi connectivity index (χ0) is 26.9. The molecule has 0 saturated heterocycles. The van der Waals surface area contributed by atoms with E-state index in [1.54, 1.807) is 0 Å². The second-order valence-corrected chi connectivity index (χ2v) is 9.32. The number of pyridine rings is 1. The summed E-state index contributed by atoms with van der Waals surface area (Å²) in [5.74, 6) is 1.49. The Hall–Kier alpha value is -3.30. The molecule has 3 rings (SSSR count). The van der Waals surface area contributed by atoms with Gasteiger partial charge in [0.2, 0.25) is 11.7 Å². The largest absolute Gasteiger partial charge is 0.490 e. The van der Waals surface area contributed by atoms with Crippen molar-refractivity contribution in [1.29, 1.82) is 0 Å². The Morgan fingerprint density at radius 2 is 1.84 bits per heavy atom. The molecule has 2 heterocycles. The summed E-state index contributed by atoms with van der Waals surface area (Å²) in [5, 5.41) is 25.6. The summed E-state index contributed by atoms with van der Waals surface area (Å²) in [5.41, 5.74) is 5.51. The normalized spacial score (nSPS) is 12.1. The van der Waals surface area contributed by atoms with Crippen molar-refractivity contribution in [2.75, 3.05) is 19.8 Å². The number of benzene rings is 1. The fourth-order valence-electron chi connectivity index (χ4n) is 4.36. The van der Waals surface area contributed by atoms with E-state index in [0.29, 0.717) is 23.4 Å². The van der Waals surface area contributed by atoms with Gasteiger partial charge in [-0.05, 0) is 68.5 Å². The van der Waals surface area contributed by atoms with Crippen molar-refractivity contribution in [3.05, 3.63) is 46.8 Å². The summed E-state index contributed by atoms with van der Waals surface area (Å²) < 4.78 is 11.6. The predicted octanol–water partition coefficient (Wildman–Crippen LogP) is 4.12. The van der Waals surface area contributed by atoms with Gasteiger partial charge in [-0.15, -0.1) is 0 Å². The highest BCUT2D eigenvalue weighted by atomic mass is 16.5. The summed E-state index contributed by atoms with van der Waals surface area (Å²) >= 11 is 0. The van der Waals surface area contributed by atoms with Crippen LogP contribution >= 0.6 is 0 Å². The summed E-state index contributed by atoms with van der Waals surface area (Å²) in [6.07, 6.45) is 2.81. The van der Waals surface area contributed by atoms with Gasteiger partial charge in [-0.1, -0.05) is 32.3 Å². The monoisotopic (exact) mass is 510 g/mol.